The molecule has 0 saturated heterocycles. The topological polar surface area (TPSA) is 34.1 Å². The normalized spacial score (nSPS) is 14.9. The zero-order chi connectivity index (χ0) is 11.7. The van der Waals surface area contributed by atoms with Crippen LogP contribution in [0.2, 0.25) is 0 Å². The molecule has 0 N–H and O–H groups in total. The summed E-state index contributed by atoms with van der Waals surface area (Å²) in [5.74, 6) is 1.58. The molecule has 88 valence electrons. The van der Waals surface area contributed by atoms with Gasteiger partial charge in [-0.1, -0.05) is 41.5 Å². The van der Waals surface area contributed by atoms with Gasteiger partial charge < -0.3 is 0 Å². The minimum Gasteiger partial charge on any atom is -0.259 e. The maximum atomic E-state index is 10.6. The molecule has 0 aliphatic heterocycles. The van der Waals surface area contributed by atoms with E-state index in [0.29, 0.717) is 10.5 Å². The SMILES string of the molecule is CC[S@@](=O)C(C)C.CC[S@](=O)C(C)C. The van der Waals surface area contributed by atoms with Gasteiger partial charge in [-0.3, -0.25) is 8.42 Å². The first kappa shape index (κ1) is 16.7. The summed E-state index contributed by atoms with van der Waals surface area (Å²) >= 11 is 0. The van der Waals surface area contributed by atoms with Gasteiger partial charge in [-0.25, -0.2) is 0 Å². The summed E-state index contributed by atoms with van der Waals surface area (Å²) in [6.07, 6.45) is 0. The van der Waals surface area contributed by atoms with Gasteiger partial charge in [-0.05, 0) is 0 Å². The molecule has 0 aliphatic rings. The molecular formula is C10H24O2S2. The Bertz CT molecular complexity index is 157. The van der Waals surface area contributed by atoms with Crippen molar-refractivity contribution in [1.82, 2.24) is 0 Å². The molecule has 0 fully saturated rings. The fourth-order valence-corrected chi connectivity index (χ4v) is 2.00. The Kier molecular flexibility index (Phi) is 11.8. The maximum absolute atomic E-state index is 10.6. The molecule has 2 atom stereocenters. The molecule has 0 saturated carbocycles. The van der Waals surface area contributed by atoms with Gasteiger partial charge in [0.05, 0.1) is 0 Å². The Morgan fingerprint density at radius 2 is 1.00 bits per heavy atom. The van der Waals surface area contributed by atoms with Crippen molar-refractivity contribution in [2.75, 3.05) is 11.5 Å². The van der Waals surface area contributed by atoms with Crippen LogP contribution < -0.4 is 0 Å². The van der Waals surface area contributed by atoms with Crippen molar-refractivity contribution in [3.8, 4) is 0 Å². The first-order valence-corrected chi connectivity index (χ1v) is 7.87. The van der Waals surface area contributed by atoms with Crippen molar-refractivity contribution in [2.24, 2.45) is 0 Å². The van der Waals surface area contributed by atoms with Crippen LogP contribution in [0.1, 0.15) is 41.5 Å². The average molecular weight is 240 g/mol. The summed E-state index contributed by atoms with van der Waals surface area (Å²) in [6, 6.07) is 0. The predicted molar refractivity (Wildman–Crippen MR) is 67.6 cm³/mol. The van der Waals surface area contributed by atoms with Gasteiger partial charge in [0.15, 0.2) is 0 Å². The van der Waals surface area contributed by atoms with Crippen molar-refractivity contribution in [2.45, 2.75) is 52.0 Å². The lowest BCUT2D eigenvalue weighted by atomic mass is 10.6. The van der Waals surface area contributed by atoms with Crippen LogP contribution in [0.5, 0.6) is 0 Å². The molecule has 4 heteroatoms. The van der Waals surface area contributed by atoms with Gasteiger partial charge in [-0.2, -0.15) is 0 Å². The Labute approximate surface area is 93.8 Å². The molecule has 0 heterocycles. The fraction of sp³-hybridized carbons (Fsp3) is 1.00. The zero-order valence-electron chi connectivity index (χ0n) is 10.2. The lowest BCUT2D eigenvalue weighted by Crippen LogP contribution is -2.06. The molecule has 0 radical (unpaired) electrons. The molecule has 0 aromatic heterocycles. The lowest BCUT2D eigenvalue weighted by Gasteiger charge is -1.98. The second-order valence-electron chi connectivity index (χ2n) is 3.44. The second-order valence-corrected chi connectivity index (χ2v) is 8.00. The van der Waals surface area contributed by atoms with Gasteiger partial charge in [-0.15, -0.1) is 0 Å². The maximum Gasteiger partial charge on any atom is 0.0291 e. The largest absolute Gasteiger partial charge is 0.259 e. The quantitative estimate of drug-likeness (QED) is 0.756. The van der Waals surface area contributed by atoms with Crippen molar-refractivity contribution in [3.05, 3.63) is 0 Å². The highest BCUT2D eigenvalue weighted by Crippen LogP contribution is 1.91. The fourth-order valence-electron chi connectivity index (χ4n) is 0.667. The van der Waals surface area contributed by atoms with Gasteiger partial charge in [0.2, 0.25) is 0 Å². The van der Waals surface area contributed by atoms with E-state index in [-0.39, 0.29) is 0 Å². The van der Waals surface area contributed by atoms with Crippen molar-refractivity contribution >= 4 is 21.6 Å². The van der Waals surface area contributed by atoms with Crippen LogP contribution in [-0.4, -0.2) is 30.4 Å². The first-order chi connectivity index (χ1) is 6.36. The van der Waals surface area contributed by atoms with Crippen LogP contribution in [0, 0.1) is 0 Å². The zero-order valence-corrected chi connectivity index (χ0v) is 11.8. The van der Waals surface area contributed by atoms with Gasteiger partial charge in [0.25, 0.3) is 0 Å². The third kappa shape index (κ3) is 10.4. The smallest absolute Gasteiger partial charge is 0.0291 e. The molecule has 2 nitrogen and oxygen atoms in total. The third-order valence-corrected chi connectivity index (χ3v) is 4.86. The van der Waals surface area contributed by atoms with Crippen LogP contribution in [0.25, 0.3) is 0 Å². The molecule has 0 aliphatic carbocycles. The van der Waals surface area contributed by atoms with E-state index >= 15 is 0 Å². The Balaban J connectivity index is 0. The summed E-state index contributed by atoms with van der Waals surface area (Å²) in [7, 11) is -1.16. The van der Waals surface area contributed by atoms with Crippen molar-refractivity contribution < 1.29 is 8.42 Å². The van der Waals surface area contributed by atoms with E-state index < -0.39 is 21.6 Å². The molecule has 14 heavy (non-hydrogen) atoms. The van der Waals surface area contributed by atoms with Crippen LogP contribution in [0.15, 0.2) is 0 Å². The summed E-state index contributed by atoms with van der Waals surface area (Å²) in [6.45, 7) is 11.8. The highest BCUT2D eigenvalue weighted by Gasteiger charge is 1.98. The summed E-state index contributed by atoms with van der Waals surface area (Å²) < 4.78 is 21.2. The molecule has 0 spiro atoms. The molecule has 0 unspecified atom stereocenters. The molecule has 0 rings (SSSR count). The Hall–Kier alpha value is 0.300. The molecule has 0 amide bonds. The highest BCUT2D eigenvalue weighted by atomic mass is 32.2. The minimum absolute atomic E-state index is 0.338. The van der Waals surface area contributed by atoms with Crippen LogP contribution in [0.4, 0.5) is 0 Å². The summed E-state index contributed by atoms with van der Waals surface area (Å²) in [4.78, 5) is 0. The van der Waals surface area contributed by atoms with Gasteiger partial charge >= 0.3 is 0 Å². The molecule has 0 bridgehead atoms. The standard InChI is InChI=1S/2C5H12OS/c2*1-4-7(6)5(2)3/h2*5H,4H2,1-3H3/t2*7-/m10/s1. The van der Waals surface area contributed by atoms with Crippen LogP contribution in [0.3, 0.4) is 0 Å². The van der Waals surface area contributed by atoms with Gasteiger partial charge in [0.1, 0.15) is 0 Å². The third-order valence-electron chi connectivity index (χ3n) is 1.62. The minimum atomic E-state index is -0.579. The van der Waals surface area contributed by atoms with Crippen molar-refractivity contribution in [3.63, 3.8) is 0 Å². The predicted octanol–water partition coefficient (Wildman–Crippen LogP) is 2.33. The van der Waals surface area contributed by atoms with E-state index in [1.54, 1.807) is 0 Å². The van der Waals surface area contributed by atoms with Crippen molar-refractivity contribution in [1.29, 1.82) is 0 Å². The van der Waals surface area contributed by atoms with E-state index in [0.717, 1.165) is 11.5 Å². The van der Waals surface area contributed by atoms with E-state index in [2.05, 4.69) is 0 Å². The van der Waals surface area contributed by atoms with Crippen LogP contribution in [-0.2, 0) is 21.6 Å². The summed E-state index contributed by atoms with van der Waals surface area (Å²) in [5.41, 5.74) is 0. The Morgan fingerprint density at radius 3 is 1.00 bits per heavy atom. The van der Waals surface area contributed by atoms with Gasteiger partial charge in [0, 0.05) is 43.6 Å². The Morgan fingerprint density at radius 1 is 0.786 bits per heavy atom. The number of hydrogen-bond donors (Lipinski definition) is 0. The van der Waals surface area contributed by atoms with Crippen LogP contribution >= 0.6 is 0 Å². The lowest BCUT2D eigenvalue weighted by molar-refractivity contribution is 0.677. The second kappa shape index (κ2) is 9.84. The average Bonchev–Trinajstić information content (AvgIpc) is 2.15. The molecule has 0 aromatic carbocycles. The van der Waals surface area contributed by atoms with E-state index in [1.807, 2.05) is 41.5 Å². The number of rotatable bonds is 4. The monoisotopic (exact) mass is 240 g/mol. The van der Waals surface area contributed by atoms with E-state index in [4.69, 9.17) is 0 Å². The molecular weight excluding hydrogens is 216 g/mol. The van der Waals surface area contributed by atoms with E-state index in [9.17, 15) is 8.42 Å². The van der Waals surface area contributed by atoms with E-state index in [1.165, 1.54) is 0 Å². The summed E-state index contributed by atoms with van der Waals surface area (Å²) in [5, 5.41) is 0.676. The molecule has 0 aromatic rings. The first-order valence-electron chi connectivity index (χ1n) is 5.11. The number of hydrogen-bond acceptors (Lipinski definition) is 2. The highest BCUT2D eigenvalue weighted by molar-refractivity contribution is 7.85.